The molecule has 12 heteroatoms. The van der Waals surface area contributed by atoms with Crippen LogP contribution in [0.1, 0.15) is 0 Å². The number of hydrogen-bond donors (Lipinski definition) is 0. The fourth-order valence-electron chi connectivity index (χ4n) is 0.998. The molecule has 0 fully saturated rings. The van der Waals surface area contributed by atoms with Crippen LogP contribution in [0, 0.1) is 0 Å². The summed E-state index contributed by atoms with van der Waals surface area (Å²) in [5.41, 5.74) is -4.68. The molecule has 0 saturated carbocycles. The predicted octanol–water partition coefficient (Wildman–Crippen LogP) is 3.24. The van der Waals surface area contributed by atoms with Gasteiger partial charge in [0.2, 0.25) is 0 Å². The molecule has 0 amide bonds. The van der Waals surface area contributed by atoms with E-state index < -0.39 is 45.4 Å². The highest BCUT2D eigenvalue weighted by molar-refractivity contribution is 8.00. The van der Waals surface area contributed by atoms with Gasteiger partial charge in [0.1, 0.15) is 4.90 Å². The van der Waals surface area contributed by atoms with Gasteiger partial charge in [-0.05, 0) is 23.9 Å². The van der Waals surface area contributed by atoms with Gasteiger partial charge in [-0.2, -0.15) is 21.6 Å². The van der Waals surface area contributed by atoms with Crippen LogP contribution < -0.4 is 0 Å². The number of alkyl halides is 3. The standard InChI is InChI=1S/C8H7F3O6PS2/c1-15-18(12)16-17-20(13,14)7-5-3-2-4-6(7)19-8(9,10)11/h2-5H,1H3/q+1. The fraction of sp³-hybridized carbons (Fsp3) is 0.250. The Morgan fingerprint density at radius 3 is 2.40 bits per heavy atom. The predicted molar refractivity (Wildman–Crippen MR) is 62.3 cm³/mol. The van der Waals surface area contributed by atoms with Gasteiger partial charge in [-0.1, -0.05) is 16.5 Å². The molecule has 0 aliphatic carbocycles. The molecule has 20 heavy (non-hydrogen) atoms. The van der Waals surface area contributed by atoms with Crippen molar-refractivity contribution in [2.75, 3.05) is 7.11 Å². The zero-order valence-electron chi connectivity index (χ0n) is 9.66. The molecule has 0 saturated heterocycles. The van der Waals surface area contributed by atoms with E-state index in [2.05, 4.69) is 13.5 Å². The molecule has 6 nitrogen and oxygen atoms in total. The summed E-state index contributed by atoms with van der Waals surface area (Å²) >= 11 is -0.625. The first kappa shape index (κ1) is 17.3. The maximum Gasteiger partial charge on any atom is 0.729 e. The van der Waals surface area contributed by atoms with Gasteiger partial charge in [0.25, 0.3) is 0 Å². The average molecular weight is 351 g/mol. The SMILES string of the molecule is CO[P+](=O)OOS(=O)(=O)c1ccccc1SC(F)(F)F. The van der Waals surface area contributed by atoms with Crippen LogP contribution in [-0.2, 0) is 28.2 Å². The van der Waals surface area contributed by atoms with E-state index in [1.54, 1.807) is 0 Å². The van der Waals surface area contributed by atoms with Crippen molar-refractivity contribution in [2.24, 2.45) is 0 Å². The lowest BCUT2D eigenvalue weighted by Crippen LogP contribution is -2.08. The summed E-state index contributed by atoms with van der Waals surface area (Å²) in [6.07, 6.45) is 0. The Labute approximate surface area is 117 Å². The first-order valence-corrected chi connectivity index (χ1v) is 7.95. The molecule has 1 aromatic rings. The molecular formula is C8H7F3O6PS2+. The van der Waals surface area contributed by atoms with E-state index in [-0.39, 0.29) is 0 Å². The zero-order chi connectivity index (χ0) is 15.4. The van der Waals surface area contributed by atoms with E-state index in [4.69, 9.17) is 0 Å². The molecular weight excluding hydrogens is 344 g/mol. The Hall–Kier alpha value is -0.710. The summed E-state index contributed by atoms with van der Waals surface area (Å²) < 4.78 is 82.9. The molecule has 0 aromatic heterocycles. The largest absolute Gasteiger partial charge is 0.729 e. The van der Waals surface area contributed by atoms with Gasteiger partial charge in [-0.25, -0.2) is 0 Å². The third kappa shape index (κ3) is 5.35. The van der Waals surface area contributed by atoms with Gasteiger partial charge in [0.15, 0.2) is 0 Å². The van der Waals surface area contributed by atoms with Crippen molar-refractivity contribution in [1.82, 2.24) is 0 Å². The summed E-state index contributed by atoms with van der Waals surface area (Å²) in [5.74, 6) is 0. The normalized spacial score (nSPS) is 13.3. The Bertz CT molecular complexity index is 588. The summed E-state index contributed by atoms with van der Waals surface area (Å²) in [4.78, 5) is -1.36. The number of benzene rings is 1. The topological polar surface area (TPSA) is 78.9 Å². The van der Waals surface area contributed by atoms with Crippen molar-refractivity contribution in [1.29, 1.82) is 0 Å². The van der Waals surface area contributed by atoms with E-state index in [1.807, 2.05) is 0 Å². The number of thioether (sulfide) groups is 1. The van der Waals surface area contributed by atoms with E-state index in [0.29, 0.717) is 0 Å². The van der Waals surface area contributed by atoms with Crippen LogP contribution in [-0.4, -0.2) is 21.0 Å². The van der Waals surface area contributed by atoms with E-state index in [1.165, 1.54) is 12.1 Å². The summed E-state index contributed by atoms with van der Waals surface area (Å²) in [5, 5.41) is 0. The molecule has 1 unspecified atom stereocenters. The first-order chi connectivity index (χ1) is 9.15. The van der Waals surface area contributed by atoms with E-state index in [0.717, 1.165) is 19.2 Å². The monoisotopic (exact) mass is 351 g/mol. The Morgan fingerprint density at radius 1 is 1.25 bits per heavy atom. The molecule has 1 atom stereocenters. The molecule has 0 radical (unpaired) electrons. The molecule has 112 valence electrons. The van der Waals surface area contributed by atoms with Gasteiger partial charge >= 0.3 is 23.9 Å². The molecule has 0 N–H and O–H groups in total. The van der Waals surface area contributed by atoms with Crippen molar-refractivity contribution < 1.29 is 39.7 Å². The minimum atomic E-state index is -4.68. The third-order valence-electron chi connectivity index (χ3n) is 1.67. The van der Waals surface area contributed by atoms with Crippen LogP contribution in [0.4, 0.5) is 13.2 Å². The Balaban J connectivity index is 3.03. The quantitative estimate of drug-likeness (QED) is 0.337. The lowest BCUT2D eigenvalue weighted by Gasteiger charge is -2.09. The van der Waals surface area contributed by atoms with Crippen LogP contribution in [0.25, 0.3) is 0 Å². The molecule has 0 aliphatic rings. The molecule has 0 aliphatic heterocycles. The molecule has 0 bridgehead atoms. The fourth-order valence-corrected chi connectivity index (χ4v) is 3.21. The number of hydrogen-bond acceptors (Lipinski definition) is 7. The van der Waals surface area contributed by atoms with Crippen molar-refractivity contribution in [3.63, 3.8) is 0 Å². The van der Waals surface area contributed by atoms with Gasteiger partial charge in [-0.15, -0.1) is 4.52 Å². The van der Waals surface area contributed by atoms with Gasteiger partial charge in [-0.3, -0.25) is 0 Å². The highest BCUT2D eigenvalue weighted by Gasteiger charge is 2.34. The maximum absolute atomic E-state index is 12.3. The van der Waals surface area contributed by atoms with Crippen molar-refractivity contribution in [3.05, 3.63) is 24.3 Å². The van der Waals surface area contributed by atoms with Crippen LogP contribution in [0.2, 0.25) is 0 Å². The summed E-state index contributed by atoms with van der Waals surface area (Å²) in [6, 6.07) is 4.27. The van der Waals surface area contributed by atoms with E-state index in [9.17, 15) is 26.2 Å². The zero-order valence-corrected chi connectivity index (χ0v) is 12.2. The first-order valence-electron chi connectivity index (χ1n) is 4.63. The van der Waals surface area contributed by atoms with Gasteiger partial charge in [0, 0.05) is 9.46 Å². The van der Waals surface area contributed by atoms with Crippen molar-refractivity contribution in [3.8, 4) is 0 Å². The number of rotatable bonds is 6. The second-order valence-corrected chi connectivity index (χ2v) is 6.55. The molecule has 0 spiro atoms. The average Bonchev–Trinajstić information content (AvgIpc) is 2.34. The molecule has 0 heterocycles. The lowest BCUT2D eigenvalue weighted by molar-refractivity contribution is -0.0964. The molecule has 1 aromatic carbocycles. The second-order valence-electron chi connectivity index (χ2n) is 3.00. The Kier molecular flexibility index (Phi) is 5.92. The van der Waals surface area contributed by atoms with Crippen LogP contribution in [0.3, 0.4) is 0 Å². The van der Waals surface area contributed by atoms with Gasteiger partial charge in [0.05, 0.1) is 11.8 Å². The van der Waals surface area contributed by atoms with E-state index >= 15 is 0 Å². The lowest BCUT2D eigenvalue weighted by atomic mass is 10.4. The summed E-state index contributed by atoms with van der Waals surface area (Å²) in [6.45, 7) is 0. The van der Waals surface area contributed by atoms with Crippen LogP contribution in [0.5, 0.6) is 0 Å². The van der Waals surface area contributed by atoms with Gasteiger partial charge < -0.3 is 0 Å². The number of halogens is 3. The maximum atomic E-state index is 12.3. The molecule has 1 rings (SSSR count). The third-order valence-corrected chi connectivity index (χ3v) is 4.35. The minimum absolute atomic E-state index is 0.601. The Morgan fingerprint density at radius 2 is 1.85 bits per heavy atom. The highest BCUT2D eigenvalue weighted by Crippen LogP contribution is 2.40. The minimum Gasteiger partial charge on any atom is -0.191 e. The summed E-state index contributed by atoms with van der Waals surface area (Å²) in [7, 11) is -6.56. The van der Waals surface area contributed by atoms with Crippen LogP contribution in [0.15, 0.2) is 34.1 Å². The second kappa shape index (κ2) is 6.83. The highest BCUT2D eigenvalue weighted by atomic mass is 32.2. The van der Waals surface area contributed by atoms with Crippen LogP contribution >= 0.6 is 20.0 Å². The smallest absolute Gasteiger partial charge is 0.191 e. The van der Waals surface area contributed by atoms with Crippen molar-refractivity contribution in [2.45, 2.75) is 15.3 Å². The van der Waals surface area contributed by atoms with Crippen molar-refractivity contribution >= 4 is 30.1 Å².